The van der Waals surface area contributed by atoms with Crippen LogP contribution < -0.4 is 0 Å². The number of rotatable bonds is 7. The number of phenolic OH excluding ortho intramolecular Hbond substituents is 1. The van der Waals surface area contributed by atoms with Crippen molar-refractivity contribution in [2.75, 3.05) is 0 Å². The van der Waals surface area contributed by atoms with E-state index in [2.05, 4.69) is 149 Å². The van der Waals surface area contributed by atoms with Crippen LogP contribution in [0.5, 0.6) is 5.75 Å². The number of fused-ring (bicyclic) bond motifs is 3. The Morgan fingerprint density at radius 2 is 1.09 bits per heavy atom. The molecule has 65 heavy (non-hydrogen) atoms. The minimum absolute atomic E-state index is 0. The van der Waals surface area contributed by atoms with Gasteiger partial charge in [0.15, 0.2) is 5.65 Å². The molecule has 0 aliphatic rings. The van der Waals surface area contributed by atoms with Gasteiger partial charge in [-0.25, -0.2) is 9.97 Å². The van der Waals surface area contributed by atoms with Gasteiger partial charge in [0.05, 0.1) is 23.1 Å². The first-order valence-electron chi connectivity index (χ1n) is 21.8. The number of hydrogen-bond donors (Lipinski definition) is 1. The molecule has 0 fully saturated rings. The van der Waals surface area contributed by atoms with Crippen molar-refractivity contribution in [3.8, 4) is 78.7 Å². The summed E-state index contributed by atoms with van der Waals surface area (Å²) < 4.78 is 2.23. The zero-order valence-electron chi connectivity index (χ0n) is 37.2. The zero-order valence-corrected chi connectivity index (χ0v) is 39.5. The fourth-order valence-corrected chi connectivity index (χ4v) is 8.45. The minimum atomic E-state index is -0.0562. The first-order valence-corrected chi connectivity index (χ1v) is 21.8. The van der Waals surface area contributed by atoms with E-state index in [-0.39, 0.29) is 37.6 Å². The Labute approximate surface area is 395 Å². The van der Waals surface area contributed by atoms with E-state index in [1.165, 1.54) is 11.1 Å². The monoisotopic (exact) mass is 1030 g/mol. The van der Waals surface area contributed by atoms with E-state index in [1.54, 1.807) is 6.07 Å². The van der Waals surface area contributed by atoms with E-state index in [0.29, 0.717) is 11.3 Å². The first kappa shape index (κ1) is 43.2. The average molecular weight is 1030 g/mol. The maximum Gasteiger partial charge on any atom is 0.165 e. The van der Waals surface area contributed by atoms with Crippen LogP contribution in [-0.2, 0) is 31.9 Å². The topological polar surface area (TPSA) is 76.7 Å². The van der Waals surface area contributed by atoms with Crippen molar-refractivity contribution in [1.29, 1.82) is 0 Å². The molecule has 0 unspecified atom stereocenters. The van der Waals surface area contributed by atoms with Gasteiger partial charge >= 0.3 is 0 Å². The zero-order chi connectivity index (χ0) is 44.2. The predicted octanol–water partition coefficient (Wildman–Crippen LogP) is 14.5. The molecule has 1 N–H and O–H groups in total. The molecule has 0 aliphatic carbocycles. The Morgan fingerprint density at radius 3 is 1.80 bits per heavy atom. The van der Waals surface area contributed by atoms with Crippen LogP contribution in [0.1, 0.15) is 52.7 Å². The van der Waals surface area contributed by atoms with Crippen LogP contribution in [0, 0.1) is 6.07 Å². The molecule has 0 amide bonds. The van der Waals surface area contributed by atoms with E-state index < -0.39 is 0 Å². The summed E-state index contributed by atoms with van der Waals surface area (Å²) in [5.74, 6) is 0.181. The molecule has 6 nitrogen and oxygen atoms in total. The standard InChI is InChI=1S/C58H48N5O.Pt/c1-57(2,3)43-30-41(31-44(35-43)58(4,5)6)42-33-50(61-51(34-42)47-23-13-14-26-53(47)64)40-20-15-19-39(29-40)49-32-38(27-28-59-49)46-24-16-25-48-54-56(63(55(46)48)45-21-11-8-12-22-45)62-52(36-60-54)37-17-9-7-10-18-37;/h7-28,30-36,64H,1-6H3;/q-1;. The van der Waals surface area contributed by atoms with Crippen LogP contribution in [0.15, 0.2) is 176 Å². The third-order valence-electron chi connectivity index (χ3n) is 12.0. The number of pyridine rings is 2. The van der Waals surface area contributed by atoms with Gasteiger partial charge in [0.25, 0.3) is 0 Å². The van der Waals surface area contributed by atoms with Gasteiger partial charge in [-0.05, 0) is 75.0 Å². The average Bonchev–Trinajstić information content (AvgIpc) is 3.65. The van der Waals surface area contributed by atoms with Crippen LogP contribution in [-0.4, -0.2) is 29.6 Å². The van der Waals surface area contributed by atoms with E-state index in [9.17, 15) is 5.11 Å². The Bertz CT molecular complexity index is 3330. The summed E-state index contributed by atoms with van der Waals surface area (Å²) in [4.78, 5) is 20.4. The summed E-state index contributed by atoms with van der Waals surface area (Å²) in [6.07, 6.45) is 3.74. The summed E-state index contributed by atoms with van der Waals surface area (Å²) in [6, 6.07) is 59.5. The molecule has 7 heteroatoms. The largest absolute Gasteiger partial charge is 0.507 e. The van der Waals surface area contributed by atoms with Gasteiger partial charge in [-0.3, -0.25) is 14.5 Å². The third kappa shape index (κ3) is 8.43. The van der Waals surface area contributed by atoms with Crippen molar-refractivity contribution in [3.63, 3.8) is 0 Å². The first-order chi connectivity index (χ1) is 30.9. The van der Waals surface area contributed by atoms with Gasteiger partial charge < -0.3 is 5.11 Å². The second-order valence-corrected chi connectivity index (χ2v) is 18.5. The molecule has 0 atom stereocenters. The molecule has 4 heterocycles. The molecule has 0 spiro atoms. The van der Waals surface area contributed by atoms with Crippen molar-refractivity contribution >= 4 is 22.1 Å². The van der Waals surface area contributed by atoms with Crippen LogP contribution >= 0.6 is 0 Å². The Morgan fingerprint density at radius 1 is 0.492 bits per heavy atom. The van der Waals surface area contributed by atoms with Crippen molar-refractivity contribution < 1.29 is 26.2 Å². The number of aromatic nitrogens is 5. The van der Waals surface area contributed by atoms with Gasteiger partial charge in [0.1, 0.15) is 11.3 Å². The van der Waals surface area contributed by atoms with Crippen molar-refractivity contribution in [3.05, 3.63) is 193 Å². The van der Waals surface area contributed by atoms with Crippen molar-refractivity contribution in [1.82, 2.24) is 24.5 Å². The number of phenols is 1. The van der Waals surface area contributed by atoms with Gasteiger partial charge in [-0.2, -0.15) is 0 Å². The second-order valence-electron chi connectivity index (χ2n) is 18.5. The molecule has 0 saturated carbocycles. The van der Waals surface area contributed by atoms with Crippen molar-refractivity contribution in [2.45, 2.75) is 52.4 Å². The normalized spacial score (nSPS) is 11.8. The number of benzene rings is 6. The van der Waals surface area contributed by atoms with E-state index in [0.717, 1.165) is 83.8 Å². The molecule has 4 aromatic heterocycles. The number of nitrogens with zero attached hydrogens (tertiary/aromatic N) is 5. The van der Waals surface area contributed by atoms with Crippen LogP contribution in [0.25, 0.3) is 95.0 Å². The number of hydrogen-bond acceptors (Lipinski definition) is 5. The summed E-state index contributed by atoms with van der Waals surface area (Å²) in [5, 5.41) is 12.1. The maximum atomic E-state index is 11.1. The smallest absolute Gasteiger partial charge is 0.165 e. The summed E-state index contributed by atoms with van der Waals surface area (Å²) in [7, 11) is 0. The summed E-state index contributed by atoms with van der Waals surface area (Å²) >= 11 is 0. The molecule has 10 aromatic rings. The van der Waals surface area contributed by atoms with Crippen LogP contribution in [0.2, 0.25) is 0 Å². The molecule has 0 aliphatic heterocycles. The van der Waals surface area contributed by atoms with Gasteiger partial charge in [0.2, 0.25) is 0 Å². The molecule has 0 bridgehead atoms. The van der Waals surface area contributed by atoms with Crippen LogP contribution in [0.4, 0.5) is 0 Å². The van der Waals surface area contributed by atoms with Gasteiger partial charge in [-0.15, -0.1) is 24.3 Å². The summed E-state index contributed by atoms with van der Waals surface area (Å²) in [5.41, 5.74) is 16.6. The molecule has 10 rings (SSSR count). The molecular formula is C58H48N5OPt-. The third-order valence-corrected chi connectivity index (χ3v) is 12.0. The minimum Gasteiger partial charge on any atom is -0.507 e. The van der Waals surface area contributed by atoms with Crippen LogP contribution in [0.3, 0.4) is 0 Å². The number of para-hydroxylation sites is 3. The Hall–Kier alpha value is -7.01. The summed E-state index contributed by atoms with van der Waals surface area (Å²) in [6.45, 7) is 13.5. The van der Waals surface area contributed by atoms with Gasteiger partial charge in [-0.1, -0.05) is 162 Å². The molecule has 0 radical (unpaired) electrons. The number of aromatic hydroxyl groups is 1. The maximum absolute atomic E-state index is 11.1. The van der Waals surface area contributed by atoms with Gasteiger partial charge in [0, 0.05) is 66.4 Å². The Balaban J connectivity index is 0.00000533. The fraction of sp³-hybridized carbons (Fsp3) is 0.138. The molecule has 0 saturated heterocycles. The SMILES string of the molecule is CC(C)(C)c1cc(-c2cc(-c3[c-]c(-c4cc(-c5cccc6c7ncc(-c8ccccc8)nc7n(-c7ccccc7)c56)ccn4)ccc3)nc(-c3ccccc3O)c2)cc(C(C)(C)C)c1.[Pt]. The second kappa shape index (κ2) is 17.2. The predicted molar refractivity (Wildman–Crippen MR) is 262 cm³/mol. The Kier molecular flexibility index (Phi) is 11.4. The van der Waals surface area contributed by atoms with Crippen molar-refractivity contribution in [2.24, 2.45) is 0 Å². The van der Waals surface area contributed by atoms with E-state index >= 15 is 0 Å². The van der Waals surface area contributed by atoms with E-state index in [4.69, 9.17) is 19.9 Å². The molecule has 322 valence electrons. The fourth-order valence-electron chi connectivity index (χ4n) is 8.45. The quantitative estimate of drug-likeness (QED) is 0.161. The molecule has 6 aromatic carbocycles. The van der Waals surface area contributed by atoms with E-state index in [1.807, 2.05) is 73.1 Å². The molecular weight excluding hydrogens is 978 g/mol.